The fourth-order valence-corrected chi connectivity index (χ4v) is 1.89. The van der Waals surface area contributed by atoms with Crippen LogP contribution in [0.1, 0.15) is 34.1 Å². The van der Waals surface area contributed by atoms with Crippen LogP contribution in [-0.2, 0) is 9.53 Å². The van der Waals surface area contributed by atoms with E-state index in [-0.39, 0.29) is 17.9 Å². The summed E-state index contributed by atoms with van der Waals surface area (Å²) in [6.45, 7) is 9.77. The molecule has 0 heterocycles. The highest BCUT2D eigenvalue weighted by Gasteiger charge is 2.27. The van der Waals surface area contributed by atoms with Crippen LogP contribution in [0.15, 0.2) is 0 Å². The Hall–Kier alpha value is -0.650. The maximum absolute atomic E-state index is 11.5. The van der Waals surface area contributed by atoms with Crippen LogP contribution in [-0.4, -0.2) is 43.2 Å². The number of nitrogens with one attached hydrogen (secondary N) is 1. The molecule has 0 aliphatic heterocycles. The van der Waals surface area contributed by atoms with Crippen molar-refractivity contribution in [3.63, 3.8) is 0 Å². The Balaban J connectivity index is 4.60. The van der Waals surface area contributed by atoms with Crippen molar-refractivity contribution < 1.29 is 9.53 Å². The Morgan fingerprint density at radius 1 is 1.41 bits per heavy atom. The number of hydrazine groups is 1. The smallest absolute Gasteiger partial charge is 0.238 e. The van der Waals surface area contributed by atoms with E-state index in [2.05, 4.69) is 31.1 Å². The van der Waals surface area contributed by atoms with Crippen molar-refractivity contribution in [2.24, 2.45) is 11.8 Å². The predicted molar refractivity (Wildman–Crippen MR) is 69.3 cm³/mol. The molecule has 3 N–H and O–H groups in total. The van der Waals surface area contributed by atoms with Crippen LogP contribution in [0.4, 0.5) is 0 Å². The summed E-state index contributed by atoms with van der Waals surface area (Å²) < 4.78 is 5.12. The second-order valence-electron chi connectivity index (χ2n) is 4.53. The molecule has 5 nitrogen and oxygen atoms in total. The van der Waals surface area contributed by atoms with Gasteiger partial charge in [-0.15, -0.1) is 0 Å². The van der Waals surface area contributed by atoms with E-state index >= 15 is 0 Å². The standard InChI is InChI=1S/C12H27N3O2/c1-6-9(2)15(7-8-17-5)11(4)10(3)12(16)14-13/h9-11H,6-8,13H2,1-5H3,(H,14,16). The minimum Gasteiger partial charge on any atom is -0.383 e. The maximum Gasteiger partial charge on any atom is 0.238 e. The molecule has 102 valence electrons. The summed E-state index contributed by atoms with van der Waals surface area (Å²) >= 11 is 0. The number of hydrogen-bond donors (Lipinski definition) is 2. The number of rotatable bonds is 8. The molecule has 0 aliphatic carbocycles. The van der Waals surface area contributed by atoms with Crippen molar-refractivity contribution in [2.45, 2.75) is 46.2 Å². The van der Waals surface area contributed by atoms with E-state index in [1.807, 2.05) is 6.92 Å². The summed E-state index contributed by atoms with van der Waals surface area (Å²) in [7, 11) is 1.69. The molecule has 0 bridgehead atoms. The van der Waals surface area contributed by atoms with Crippen molar-refractivity contribution in [1.29, 1.82) is 0 Å². The lowest BCUT2D eigenvalue weighted by molar-refractivity contribution is -0.126. The first kappa shape index (κ1) is 16.4. The molecule has 17 heavy (non-hydrogen) atoms. The number of carbonyl (C=O) groups is 1. The lowest BCUT2D eigenvalue weighted by Gasteiger charge is -2.36. The first-order chi connectivity index (χ1) is 7.99. The summed E-state index contributed by atoms with van der Waals surface area (Å²) in [5.41, 5.74) is 2.22. The molecular formula is C12H27N3O2. The van der Waals surface area contributed by atoms with Gasteiger partial charge in [0.05, 0.1) is 12.5 Å². The van der Waals surface area contributed by atoms with Crippen LogP contribution in [0.5, 0.6) is 0 Å². The number of carbonyl (C=O) groups excluding carboxylic acids is 1. The summed E-state index contributed by atoms with van der Waals surface area (Å²) in [6.07, 6.45) is 1.05. The minimum atomic E-state index is -0.133. The minimum absolute atomic E-state index is 0.122. The van der Waals surface area contributed by atoms with Gasteiger partial charge in [0, 0.05) is 25.7 Å². The topological polar surface area (TPSA) is 67.6 Å². The molecule has 0 spiro atoms. The zero-order valence-electron chi connectivity index (χ0n) is 11.7. The fraction of sp³-hybridized carbons (Fsp3) is 0.917. The average Bonchev–Trinajstić information content (AvgIpc) is 2.36. The number of nitrogens with zero attached hydrogens (tertiary/aromatic N) is 1. The van der Waals surface area contributed by atoms with Gasteiger partial charge in [-0.25, -0.2) is 5.84 Å². The summed E-state index contributed by atoms with van der Waals surface area (Å²) in [5.74, 6) is 4.92. The molecule has 0 fully saturated rings. The van der Waals surface area contributed by atoms with Crippen LogP contribution in [0.2, 0.25) is 0 Å². The van der Waals surface area contributed by atoms with Gasteiger partial charge in [0.1, 0.15) is 0 Å². The van der Waals surface area contributed by atoms with Gasteiger partial charge in [0.25, 0.3) is 0 Å². The summed E-state index contributed by atoms with van der Waals surface area (Å²) in [5, 5.41) is 0. The van der Waals surface area contributed by atoms with Crippen molar-refractivity contribution in [2.75, 3.05) is 20.3 Å². The monoisotopic (exact) mass is 245 g/mol. The Morgan fingerprint density at radius 2 is 2.00 bits per heavy atom. The van der Waals surface area contributed by atoms with E-state index in [0.717, 1.165) is 13.0 Å². The molecule has 0 aliphatic rings. The van der Waals surface area contributed by atoms with E-state index in [1.165, 1.54) is 0 Å². The largest absolute Gasteiger partial charge is 0.383 e. The van der Waals surface area contributed by atoms with E-state index in [4.69, 9.17) is 10.6 Å². The Labute approximate surface area is 105 Å². The van der Waals surface area contributed by atoms with Crippen LogP contribution in [0.3, 0.4) is 0 Å². The van der Waals surface area contributed by atoms with Crippen LogP contribution >= 0.6 is 0 Å². The number of nitrogens with two attached hydrogens (primary N) is 1. The third kappa shape index (κ3) is 5.02. The van der Waals surface area contributed by atoms with Gasteiger partial charge in [0.15, 0.2) is 0 Å². The molecule has 0 radical (unpaired) electrons. The Morgan fingerprint density at radius 3 is 2.41 bits per heavy atom. The zero-order chi connectivity index (χ0) is 13.4. The quantitative estimate of drug-likeness (QED) is 0.376. The second-order valence-corrected chi connectivity index (χ2v) is 4.53. The molecule has 3 unspecified atom stereocenters. The summed E-state index contributed by atoms with van der Waals surface area (Å²) in [4.78, 5) is 13.8. The third-order valence-corrected chi connectivity index (χ3v) is 3.51. The van der Waals surface area contributed by atoms with E-state index in [9.17, 15) is 4.79 Å². The van der Waals surface area contributed by atoms with Crippen LogP contribution in [0, 0.1) is 5.92 Å². The van der Waals surface area contributed by atoms with Crippen molar-refractivity contribution in [3.8, 4) is 0 Å². The van der Waals surface area contributed by atoms with Gasteiger partial charge in [-0.05, 0) is 20.3 Å². The molecule has 0 aromatic heterocycles. The lowest BCUT2D eigenvalue weighted by Crippen LogP contribution is -2.49. The third-order valence-electron chi connectivity index (χ3n) is 3.51. The Kier molecular flexibility index (Phi) is 8.12. The number of ether oxygens (including phenoxy) is 1. The van der Waals surface area contributed by atoms with Gasteiger partial charge in [-0.2, -0.15) is 0 Å². The molecule has 0 aromatic rings. The molecule has 3 atom stereocenters. The number of methoxy groups -OCH3 is 1. The van der Waals surface area contributed by atoms with Crippen molar-refractivity contribution in [3.05, 3.63) is 0 Å². The zero-order valence-corrected chi connectivity index (χ0v) is 11.7. The molecule has 5 heteroatoms. The predicted octanol–water partition coefficient (Wildman–Crippen LogP) is 0.748. The molecular weight excluding hydrogens is 218 g/mol. The fourth-order valence-electron chi connectivity index (χ4n) is 1.89. The molecule has 0 saturated carbocycles. The van der Waals surface area contributed by atoms with Crippen LogP contribution in [0.25, 0.3) is 0 Å². The SMILES string of the molecule is CCC(C)N(CCOC)C(C)C(C)C(=O)NN. The second kappa shape index (κ2) is 8.44. The lowest BCUT2D eigenvalue weighted by atomic mass is 9.99. The number of hydrogen-bond acceptors (Lipinski definition) is 4. The first-order valence-electron chi connectivity index (χ1n) is 6.24. The highest BCUT2D eigenvalue weighted by molar-refractivity contribution is 5.78. The maximum atomic E-state index is 11.5. The molecule has 0 aromatic carbocycles. The van der Waals surface area contributed by atoms with E-state index in [0.29, 0.717) is 12.6 Å². The van der Waals surface area contributed by atoms with E-state index < -0.39 is 0 Å². The first-order valence-corrected chi connectivity index (χ1v) is 6.24. The van der Waals surface area contributed by atoms with Gasteiger partial charge in [-0.1, -0.05) is 13.8 Å². The van der Waals surface area contributed by atoms with Crippen molar-refractivity contribution >= 4 is 5.91 Å². The highest BCUT2D eigenvalue weighted by atomic mass is 16.5. The van der Waals surface area contributed by atoms with Crippen molar-refractivity contribution in [1.82, 2.24) is 10.3 Å². The molecule has 1 amide bonds. The van der Waals surface area contributed by atoms with Gasteiger partial charge in [-0.3, -0.25) is 15.1 Å². The van der Waals surface area contributed by atoms with E-state index in [1.54, 1.807) is 7.11 Å². The normalized spacial score (nSPS) is 16.6. The van der Waals surface area contributed by atoms with Gasteiger partial charge >= 0.3 is 0 Å². The van der Waals surface area contributed by atoms with Gasteiger partial charge in [0.2, 0.25) is 5.91 Å². The van der Waals surface area contributed by atoms with Gasteiger partial charge < -0.3 is 4.74 Å². The summed E-state index contributed by atoms with van der Waals surface area (Å²) in [6, 6.07) is 0.567. The van der Waals surface area contributed by atoms with Crippen LogP contribution < -0.4 is 11.3 Å². The molecule has 0 rings (SSSR count). The molecule has 0 saturated heterocycles. The number of amides is 1. The Bertz CT molecular complexity index is 224. The average molecular weight is 245 g/mol. The highest BCUT2D eigenvalue weighted by Crippen LogP contribution is 2.16.